The van der Waals surface area contributed by atoms with Crippen molar-refractivity contribution >= 4 is 11.7 Å². The van der Waals surface area contributed by atoms with Gasteiger partial charge in [-0.25, -0.2) is 4.68 Å². The quantitative estimate of drug-likeness (QED) is 0.735. The highest BCUT2D eigenvalue weighted by Crippen LogP contribution is 2.49. The van der Waals surface area contributed by atoms with Crippen molar-refractivity contribution in [2.75, 3.05) is 25.5 Å². The predicted molar refractivity (Wildman–Crippen MR) is 120 cm³/mol. The molecule has 2 heterocycles. The molecule has 1 aromatic carbocycles. The van der Waals surface area contributed by atoms with Crippen LogP contribution in [0.1, 0.15) is 63.6 Å². The second kappa shape index (κ2) is 9.01. The van der Waals surface area contributed by atoms with E-state index in [0.717, 1.165) is 37.0 Å². The van der Waals surface area contributed by atoms with Gasteiger partial charge >= 0.3 is 0 Å². The van der Waals surface area contributed by atoms with Gasteiger partial charge in [0.15, 0.2) is 0 Å². The number of hydrogen-bond donors (Lipinski definition) is 2. The lowest BCUT2D eigenvalue weighted by atomic mass is 9.66. The van der Waals surface area contributed by atoms with Gasteiger partial charge in [0.25, 0.3) is 0 Å². The van der Waals surface area contributed by atoms with E-state index >= 15 is 0 Å². The summed E-state index contributed by atoms with van der Waals surface area (Å²) in [6, 6.07) is 10.1. The number of amides is 1. The minimum Gasteiger partial charge on any atom is -0.497 e. The number of aromatic nitrogens is 2. The summed E-state index contributed by atoms with van der Waals surface area (Å²) in [6.07, 6.45) is 6.43. The molecular weight excluding hydrogens is 392 g/mol. The first-order chi connectivity index (χ1) is 14.9. The zero-order valence-electron chi connectivity index (χ0n) is 18.8. The molecule has 2 aliphatic rings. The van der Waals surface area contributed by atoms with Crippen LogP contribution >= 0.6 is 0 Å². The average molecular weight is 427 g/mol. The molecule has 1 saturated carbocycles. The molecule has 1 saturated heterocycles. The molecular formula is C24H34N4O3. The van der Waals surface area contributed by atoms with Crippen molar-refractivity contribution in [1.29, 1.82) is 0 Å². The van der Waals surface area contributed by atoms with Gasteiger partial charge in [0.2, 0.25) is 5.91 Å². The summed E-state index contributed by atoms with van der Waals surface area (Å²) in [6.45, 7) is 5.06. The molecule has 1 aliphatic heterocycles. The number of benzene rings is 1. The summed E-state index contributed by atoms with van der Waals surface area (Å²) in [7, 11) is 1.66. The molecule has 2 fully saturated rings. The van der Waals surface area contributed by atoms with Crippen molar-refractivity contribution in [3.63, 3.8) is 0 Å². The third-order valence-corrected chi connectivity index (χ3v) is 6.90. The Bertz CT molecular complexity index is 894. The van der Waals surface area contributed by atoms with Gasteiger partial charge in [0.1, 0.15) is 11.6 Å². The normalized spacial score (nSPS) is 26.5. The number of nitrogens with zero attached hydrogens (tertiary/aromatic N) is 3. The van der Waals surface area contributed by atoms with Gasteiger partial charge in [0, 0.05) is 30.6 Å². The van der Waals surface area contributed by atoms with Crippen molar-refractivity contribution in [1.82, 2.24) is 14.7 Å². The standard InChI is InChI=1S/C24H34N4O3/c1-17(2)28-21(11-14-25-28)26-22(29)16-27-15-13-24(30)12-5-4-6-20(24)23(27)18-7-9-19(31-3)10-8-18/h7-11,14,17,20,23,30H,4-6,12-13,15-16H2,1-3H3,(H,26,29)/t20-,23-,24-/m1/s1. The van der Waals surface area contributed by atoms with E-state index in [0.29, 0.717) is 18.8 Å². The van der Waals surface area contributed by atoms with Gasteiger partial charge in [-0.2, -0.15) is 5.10 Å². The van der Waals surface area contributed by atoms with Crippen molar-refractivity contribution < 1.29 is 14.6 Å². The van der Waals surface area contributed by atoms with Gasteiger partial charge in [-0.1, -0.05) is 25.0 Å². The number of carbonyl (C=O) groups is 1. The fraction of sp³-hybridized carbons (Fsp3) is 0.583. The number of ether oxygens (including phenoxy) is 1. The maximum Gasteiger partial charge on any atom is 0.239 e. The number of likely N-dealkylation sites (tertiary alicyclic amines) is 1. The van der Waals surface area contributed by atoms with E-state index < -0.39 is 5.60 Å². The summed E-state index contributed by atoms with van der Waals surface area (Å²) in [5.74, 6) is 1.59. The van der Waals surface area contributed by atoms with Crippen LogP contribution < -0.4 is 10.1 Å². The Morgan fingerprint density at radius 2 is 2.03 bits per heavy atom. The Kier molecular flexibility index (Phi) is 6.34. The second-order valence-corrected chi connectivity index (χ2v) is 9.20. The van der Waals surface area contributed by atoms with Crippen LogP contribution in [0.3, 0.4) is 0 Å². The molecule has 0 radical (unpaired) electrons. The minimum atomic E-state index is -0.647. The van der Waals surface area contributed by atoms with Crippen LogP contribution in [0.2, 0.25) is 0 Å². The zero-order chi connectivity index (χ0) is 22.0. The van der Waals surface area contributed by atoms with E-state index in [1.165, 1.54) is 0 Å². The van der Waals surface area contributed by atoms with E-state index in [9.17, 15) is 9.90 Å². The molecule has 2 aromatic rings. The van der Waals surface area contributed by atoms with Crippen molar-refractivity contribution in [3.05, 3.63) is 42.1 Å². The smallest absolute Gasteiger partial charge is 0.239 e. The molecule has 1 amide bonds. The lowest BCUT2D eigenvalue weighted by Crippen LogP contribution is -2.56. The Hall–Kier alpha value is -2.38. The van der Waals surface area contributed by atoms with Gasteiger partial charge in [-0.15, -0.1) is 0 Å². The molecule has 1 aliphatic carbocycles. The first kappa shape index (κ1) is 21.8. The topological polar surface area (TPSA) is 79.6 Å². The minimum absolute atomic E-state index is 0.00529. The van der Waals surface area contributed by atoms with Crippen LogP contribution in [0.15, 0.2) is 36.5 Å². The van der Waals surface area contributed by atoms with Gasteiger partial charge < -0.3 is 15.2 Å². The molecule has 7 nitrogen and oxygen atoms in total. The van der Waals surface area contributed by atoms with Crippen LogP contribution in [0.4, 0.5) is 5.82 Å². The Labute approximate surface area is 184 Å². The number of aliphatic hydroxyl groups is 1. The number of anilines is 1. The van der Waals surface area contributed by atoms with Crippen molar-refractivity contribution in [2.24, 2.45) is 5.92 Å². The zero-order valence-corrected chi connectivity index (χ0v) is 18.8. The van der Waals surface area contributed by atoms with Gasteiger partial charge in [0.05, 0.1) is 25.5 Å². The molecule has 0 unspecified atom stereocenters. The number of carbonyl (C=O) groups excluding carboxylic acids is 1. The summed E-state index contributed by atoms with van der Waals surface area (Å²) in [5, 5.41) is 18.7. The Balaban J connectivity index is 1.56. The monoisotopic (exact) mass is 426 g/mol. The van der Waals surface area contributed by atoms with Crippen LogP contribution in [-0.4, -0.2) is 51.5 Å². The highest BCUT2D eigenvalue weighted by atomic mass is 16.5. The van der Waals surface area contributed by atoms with Crippen LogP contribution in [0.5, 0.6) is 5.75 Å². The number of rotatable bonds is 6. The summed E-state index contributed by atoms with van der Waals surface area (Å²) in [5.41, 5.74) is 0.484. The van der Waals surface area contributed by atoms with Crippen molar-refractivity contribution in [2.45, 2.75) is 63.6 Å². The highest BCUT2D eigenvalue weighted by molar-refractivity contribution is 5.91. The molecule has 168 valence electrons. The summed E-state index contributed by atoms with van der Waals surface area (Å²) < 4.78 is 7.14. The molecule has 2 N–H and O–H groups in total. The van der Waals surface area contributed by atoms with E-state index in [1.807, 2.05) is 36.7 Å². The lowest BCUT2D eigenvalue weighted by Gasteiger charge is -2.52. The van der Waals surface area contributed by atoms with Crippen LogP contribution in [0, 0.1) is 5.92 Å². The van der Waals surface area contributed by atoms with E-state index in [-0.39, 0.29) is 30.5 Å². The molecule has 31 heavy (non-hydrogen) atoms. The summed E-state index contributed by atoms with van der Waals surface area (Å²) in [4.78, 5) is 15.2. The highest BCUT2D eigenvalue weighted by Gasteiger charge is 2.49. The Morgan fingerprint density at radius 3 is 2.74 bits per heavy atom. The number of fused-ring (bicyclic) bond motifs is 1. The molecule has 1 aromatic heterocycles. The fourth-order valence-electron chi connectivity index (χ4n) is 5.36. The summed E-state index contributed by atoms with van der Waals surface area (Å²) >= 11 is 0. The molecule has 7 heteroatoms. The molecule has 0 spiro atoms. The third-order valence-electron chi connectivity index (χ3n) is 6.90. The molecule has 3 atom stereocenters. The van der Waals surface area contributed by atoms with E-state index in [2.05, 4.69) is 27.4 Å². The van der Waals surface area contributed by atoms with E-state index in [4.69, 9.17) is 4.74 Å². The molecule has 4 rings (SSSR count). The number of piperidine rings is 1. The number of hydrogen-bond acceptors (Lipinski definition) is 5. The fourth-order valence-corrected chi connectivity index (χ4v) is 5.36. The number of nitrogens with one attached hydrogen (secondary N) is 1. The lowest BCUT2D eigenvalue weighted by molar-refractivity contribution is -0.135. The largest absolute Gasteiger partial charge is 0.497 e. The first-order valence-corrected chi connectivity index (χ1v) is 11.3. The maximum atomic E-state index is 13.0. The van der Waals surface area contributed by atoms with Crippen LogP contribution in [-0.2, 0) is 4.79 Å². The second-order valence-electron chi connectivity index (χ2n) is 9.20. The van der Waals surface area contributed by atoms with Crippen LogP contribution in [0.25, 0.3) is 0 Å². The van der Waals surface area contributed by atoms with Crippen molar-refractivity contribution in [3.8, 4) is 5.75 Å². The van der Waals surface area contributed by atoms with Gasteiger partial charge in [-0.05, 0) is 50.8 Å². The molecule has 0 bridgehead atoms. The third kappa shape index (κ3) is 4.48. The van der Waals surface area contributed by atoms with Gasteiger partial charge in [-0.3, -0.25) is 9.69 Å². The average Bonchev–Trinajstić information content (AvgIpc) is 3.22. The predicted octanol–water partition coefficient (Wildman–Crippen LogP) is 3.78. The number of methoxy groups -OCH3 is 1. The SMILES string of the molecule is COc1ccc([C@@H]2[C@H]3CCCC[C@@]3(O)CCN2CC(=O)Nc2ccnn2C(C)C)cc1. The van der Waals surface area contributed by atoms with E-state index in [1.54, 1.807) is 13.3 Å². The maximum absolute atomic E-state index is 13.0. The Morgan fingerprint density at radius 1 is 1.26 bits per heavy atom. The first-order valence-electron chi connectivity index (χ1n) is 11.3.